The molecule has 2 fully saturated rings. The molecule has 0 bridgehead atoms. The van der Waals surface area contributed by atoms with E-state index in [9.17, 15) is 19.2 Å². The van der Waals surface area contributed by atoms with Crippen LogP contribution in [0.3, 0.4) is 0 Å². The summed E-state index contributed by atoms with van der Waals surface area (Å²) in [5.41, 5.74) is 2.44. The Hall–Kier alpha value is -3.10. The largest absolute Gasteiger partial charge is 0.453 e. The first kappa shape index (κ1) is 18.3. The number of nitrogens with one attached hydrogen (secondary N) is 1. The van der Waals surface area contributed by atoms with Gasteiger partial charge in [0.25, 0.3) is 5.91 Å². The van der Waals surface area contributed by atoms with Gasteiger partial charge >= 0.3 is 6.09 Å². The van der Waals surface area contributed by atoms with Crippen molar-refractivity contribution in [2.45, 2.75) is 25.4 Å². The molecule has 1 aromatic rings. The number of ether oxygens (including phenoxy) is 1. The van der Waals surface area contributed by atoms with E-state index in [1.54, 1.807) is 15.9 Å². The number of piperazine rings is 1. The molecular weight excluding hydrogens is 364 g/mol. The number of benzene rings is 1. The molecule has 1 atom stereocenters. The third kappa shape index (κ3) is 3.06. The highest BCUT2D eigenvalue weighted by Gasteiger charge is 2.40. The number of nitrogens with zero attached hydrogens (tertiary/aromatic N) is 3. The quantitative estimate of drug-likeness (QED) is 0.736. The Bertz CT molecular complexity index is 847. The minimum atomic E-state index is -0.623. The van der Waals surface area contributed by atoms with Crippen molar-refractivity contribution in [2.24, 2.45) is 0 Å². The summed E-state index contributed by atoms with van der Waals surface area (Å²) in [6.07, 6.45) is 0.244. The summed E-state index contributed by atoms with van der Waals surface area (Å²) in [5, 5.41) is 2.32. The predicted molar refractivity (Wildman–Crippen MR) is 98.7 cm³/mol. The molecule has 9 nitrogen and oxygen atoms in total. The van der Waals surface area contributed by atoms with Crippen molar-refractivity contribution in [2.75, 3.05) is 38.2 Å². The molecule has 1 aromatic carbocycles. The van der Waals surface area contributed by atoms with E-state index in [4.69, 9.17) is 4.74 Å². The monoisotopic (exact) mass is 386 g/mol. The Morgan fingerprint density at radius 2 is 1.89 bits per heavy atom. The van der Waals surface area contributed by atoms with Crippen LogP contribution in [-0.4, -0.2) is 72.9 Å². The van der Waals surface area contributed by atoms with Crippen LogP contribution in [0.1, 0.15) is 28.8 Å². The van der Waals surface area contributed by atoms with Crippen LogP contribution in [0.4, 0.5) is 10.5 Å². The molecule has 3 aliphatic rings. The number of hydrogen-bond acceptors (Lipinski definition) is 6. The number of hydrogen-bond donors (Lipinski definition) is 1. The molecule has 9 heteroatoms. The van der Waals surface area contributed by atoms with Crippen LogP contribution in [-0.2, 0) is 20.9 Å². The summed E-state index contributed by atoms with van der Waals surface area (Å²) in [7, 11) is 1.37. The van der Waals surface area contributed by atoms with Gasteiger partial charge in [0, 0.05) is 56.0 Å². The topological polar surface area (TPSA) is 99.3 Å². The SMILES string of the molecule is COC(=O)N1CCN(c2cccc3c2CN(C2CCC(=O)NC2=O)C3=O)CC1. The Labute approximate surface area is 162 Å². The first-order chi connectivity index (χ1) is 13.5. The van der Waals surface area contributed by atoms with Crippen molar-refractivity contribution in [3.63, 3.8) is 0 Å². The molecule has 4 amide bonds. The molecule has 0 spiro atoms. The Balaban J connectivity index is 1.53. The maximum Gasteiger partial charge on any atom is 0.409 e. The lowest BCUT2D eigenvalue weighted by atomic mass is 10.0. The van der Waals surface area contributed by atoms with Crippen LogP contribution in [0.5, 0.6) is 0 Å². The molecule has 0 aromatic heterocycles. The van der Waals surface area contributed by atoms with Crippen molar-refractivity contribution in [3.05, 3.63) is 29.3 Å². The smallest absolute Gasteiger partial charge is 0.409 e. The van der Waals surface area contributed by atoms with Gasteiger partial charge in [-0.1, -0.05) is 6.07 Å². The summed E-state index contributed by atoms with van der Waals surface area (Å²) in [6.45, 7) is 2.70. The minimum Gasteiger partial charge on any atom is -0.453 e. The zero-order valence-corrected chi connectivity index (χ0v) is 15.6. The molecule has 1 unspecified atom stereocenters. The third-order valence-corrected chi connectivity index (χ3v) is 5.61. The number of amides is 4. The maximum atomic E-state index is 12.9. The maximum absolute atomic E-state index is 12.9. The first-order valence-electron chi connectivity index (χ1n) is 9.34. The fourth-order valence-corrected chi connectivity index (χ4v) is 4.12. The van der Waals surface area contributed by atoms with Crippen LogP contribution >= 0.6 is 0 Å². The number of carbonyl (C=O) groups excluding carboxylic acids is 4. The van der Waals surface area contributed by atoms with Crippen molar-refractivity contribution < 1.29 is 23.9 Å². The van der Waals surface area contributed by atoms with Crippen LogP contribution in [0.15, 0.2) is 18.2 Å². The molecule has 0 aliphatic carbocycles. The lowest BCUT2D eigenvalue weighted by molar-refractivity contribution is -0.136. The van der Waals surface area contributed by atoms with Gasteiger partial charge in [0.2, 0.25) is 11.8 Å². The Morgan fingerprint density at radius 1 is 1.14 bits per heavy atom. The van der Waals surface area contributed by atoms with Gasteiger partial charge < -0.3 is 19.4 Å². The summed E-state index contributed by atoms with van der Waals surface area (Å²) >= 11 is 0. The molecular formula is C19H22N4O5. The van der Waals surface area contributed by atoms with E-state index in [1.165, 1.54) is 7.11 Å². The normalized spacial score (nSPS) is 22.2. The standard InChI is InChI=1S/C19H22N4O5/c1-28-19(27)22-9-7-21(8-10-22)14-4-2-3-12-13(14)11-23(18(12)26)15-5-6-16(24)20-17(15)25/h2-4,15H,5-11H2,1H3,(H,20,24,25). The molecule has 2 saturated heterocycles. The van der Waals surface area contributed by atoms with Crippen LogP contribution in [0, 0.1) is 0 Å². The number of anilines is 1. The van der Waals surface area contributed by atoms with Gasteiger partial charge in [0.15, 0.2) is 0 Å². The second-order valence-corrected chi connectivity index (χ2v) is 7.15. The van der Waals surface area contributed by atoms with Crippen molar-refractivity contribution in [3.8, 4) is 0 Å². The van der Waals surface area contributed by atoms with Crippen LogP contribution in [0.25, 0.3) is 0 Å². The number of rotatable bonds is 2. The van der Waals surface area contributed by atoms with E-state index >= 15 is 0 Å². The van der Waals surface area contributed by atoms with Gasteiger partial charge in [-0.2, -0.15) is 0 Å². The Morgan fingerprint density at radius 3 is 2.57 bits per heavy atom. The second-order valence-electron chi connectivity index (χ2n) is 7.15. The zero-order chi connectivity index (χ0) is 19.8. The van der Waals surface area contributed by atoms with E-state index in [1.807, 2.05) is 12.1 Å². The van der Waals surface area contributed by atoms with E-state index in [0.717, 1.165) is 11.3 Å². The molecule has 28 heavy (non-hydrogen) atoms. The number of imide groups is 1. The number of piperidine rings is 1. The minimum absolute atomic E-state index is 0.181. The number of fused-ring (bicyclic) bond motifs is 1. The van der Waals surface area contributed by atoms with Gasteiger partial charge in [-0.25, -0.2) is 4.79 Å². The van der Waals surface area contributed by atoms with Gasteiger partial charge in [0.05, 0.1) is 7.11 Å². The van der Waals surface area contributed by atoms with Crippen LogP contribution < -0.4 is 10.2 Å². The lowest BCUT2D eigenvalue weighted by Crippen LogP contribution is -2.52. The second kappa shape index (κ2) is 7.14. The van der Waals surface area contributed by atoms with Crippen LogP contribution in [0.2, 0.25) is 0 Å². The number of carbonyl (C=O) groups is 4. The summed E-state index contributed by atoms with van der Waals surface area (Å²) in [5.74, 6) is -0.889. The highest BCUT2D eigenvalue weighted by atomic mass is 16.5. The van der Waals surface area contributed by atoms with Gasteiger partial charge in [0.1, 0.15) is 6.04 Å². The molecule has 0 radical (unpaired) electrons. The highest BCUT2D eigenvalue weighted by Crippen LogP contribution is 2.34. The molecule has 0 saturated carbocycles. The molecule has 3 aliphatic heterocycles. The van der Waals surface area contributed by atoms with Gasteiger partial charge in [-0.05, 0) is 18.6 Å². The Kier molecular flexibility index (Phi) is 4.66. The highest BCUT2D eigenvalue weighted by molar-refractivity contribution is 6.06. The van der Waals surface area contributed by atoms with E-state index in [2.05, 4.69) is 10.2 Å². The van der Waals surface area contributed by atoms with Crippen molar-refractivity contribution in [1.82, 2.24) is 15.1 Å². The van der Waals surface area contributed by atoms with Crippen molar-refractivity contribution in [1.29, 1.82) is 0 Å². The third-order valence-electron chi connectivity index (χ3n) is 5.61. The average Bonchev–Trinajstić information content (AvgIpc) is 3.04. The fourth-order valence-electron chi connectivity index (χ4n) is 4.12. The van der Waals surface area contributed by atoms with E-state index in [0.29, 0.717) is 44.7 Å². The zero-order valence-electron chi connectivity index (χ0n) is 15.6. The lowest BCUT2D eigenvalue weighted by Gasteiger charge is -2.36. The molecule has 3 heterocycles. The van der Waals surface area contributed by atoms with Gasteiger partial charge in [-0.15, -0.1) is 0 Å². The van der Waals surface area contributed by atoms with Crippen molar-refractivity contribution >= 4 is 29.5 Å². The predicted octanol–water partition coefficient (Wildman–Crippen LogP) is 0.336. The van der Waals surface area contributed by atoms with E-state index < -0.39 is 11.9 Å². The number of methoxy groups -OCH3 is 1. The van der Waals surface area contributed by atoms with Gasteiger partial charge in [-0.3, -0.25) is 19.7 Å². The summed E-state index contributed by atoms with van der Waals surface area (Å²) < 4.78 is 4.77. The summed E-state index contributed by atoms with van der Waals surface area (Å²) in [4.78, 5) is 53.6. The molecule has 148 valence electrons. The molecule has 4 rings (SSSR count). The molecule has 1 N–H and O–H groups in total. The van der Waals surface area contributed by atoms with E-state index in [-0.39, 0.29) is 24.3 Å². The fraction of sp³-hybridized carbons (Fsp3) is 0.474. The summed E-state index contributed by atoms with van der Waals surface area (Å²) in [6, 6.07) is 4.96. The first-order valence-corrected chi connectivity index (χ1v) is 9.34. The average molecular weight is 386 g/mol.